The molecule has 3 aromatic carbocycles. The molecular formula is C30H36Cl2NO6PS. The van der Waals surface area contributed by atoms with E-state index in [1.54, 1.807) is 18.2 Å². The van der Waals surface area contributed by atoms with E-state index in [1.165, 1.54) is 7.11 Å². The molecule has 0 spiro atoms. The Labute approximate surface area is 257 Å². The molecule has 11 heteroatoms. The van der Waals surface area contributed by atoms with Gasteiger partial charge in [0.25, 0.3) is 0 Å². The number of halogens is 2. The van der Waals surface area contributed by atoms with Crippen LogP contribution in [-0.4, -0.2) is 35.3 Å². The summed E-state index contributed by atoms with van der Waals surface area (Å²) >= 11 is 17.1. The lowest BCUT2D eigenvalue weighted by atomic mass is 9.71. The first-order chi connectivity index (χ1) is 19.2. The summed E-state index contributed by atoms with van der Waals surface area (Å²) in [6, 6.07) is 20.0. The Morgan fingerprint density at radius 2 is 1.46 bits per heavy atom. The molecule has 0 saturated carbocycles. The van der Waals surface area contributed by atoms with E-state index < -0.39 is 24.0 Å². The van der Waals surface area contributed by atoms with Crippen molar-refractivity contribution in [2.45, 2.75) is 58.4 Å². The largest absolute Gasteiger partial charge is 0.481 e. The predicted molar refractivity (Wildman–Crippen MR) is 169 cm³/mol. The number of carboxylic acid groups (broad SMARTS) is 2. The lowest BCUT2D eigenvalue weighted by molar-refractivity contribution is -0.143. The van der Waals surface area contributed by atoms with Gasteiger partial charge in [0, 0.05) is 24.6 Å². The number of carboxylic acids is 2. The minimum Gasteiger partial charge on any atom is -0.481 e. The molecule has 0 aliphatic heterocycles. The van der Waals surface area contributed by atoms with Crippen LogP contribution in [0.5, 0.6) is 5.75 Å². The van der Waals surface area contributed by atoms with Crippen molar-refractivity contribution in [2.24, 2.45) is 0 Å². The molecule has 0 fully saturated rings. The Balaban J connectivity index is 0.000000305. The van der Waals surface area contributed by atoms with Gasteiger partial charge in [0.1, 0.15) is 11.2 Å². The normalized spacial score (nSPS) is 12.7. The summed E-state index contributed by atoms with van der Waals surface area (Å²) in [5.74, 6) is -1.41. The topological polar surface area (TPSA) is 105 Å². The van der Waals surface area contributed by atoms with Crippen LogP contribution < -0.4 is 9.61 Å². The van der Waals surface area contributed by atoms with E-state index in [1.807, 2.05) is 76.2 Å². The molecule has 0 saturated heterocycles. The molecule has 0 aliphatic carbocycles. The van der Waals surface area contributed by atoms with Crippen molar-refractivity contribution in [2.75, 3.05) is 7.11 Å². The van der Waals surface area contributed by atoms with Crippen molar-refractivity contribution in [1.82, 2.24) is 5.09 Å². The minimum absolute atomic E-state index is 0.0489. The third kappa shape index (κ3) is 10.1. The zero-order chi connectivity index (χ0) is 30.8. The highest BCUT2D eigenvalue weighted by molar-refractivity contribution is 8.09. The second kappa shape index (κ2) is 15.7. The van der Waals surface area contributed by atoms with Gasteiger partial charge in [-0.1, -0.05) is 82.9 Å². The van der Waals surface area contributed by atoms with Crippen LogP contribution in [0.2, 0.25) is 10.0 Å². The Morgan fingerprint density at radius 1 is 0.951 bits per heavy atom. The van der Waals surface area contributed by atoms with Crippen molar-refractivity contribution in [3.8, 4) is 5.75 Å². The molecule has 41 heavy (non-hydrogen) atoms. The molecule has 0 radical (unpaired) electrons. The van der Waals surface area contributed by atoms with E-state index in [-0.39, 0.29) is 18.9 Å². The molecule has 1 atom stereocenters. The van der Waals surface area contributed by atoms with E-state index in [4.69, 9.17) is 49.2 Å². The standard InChI is InChI=1S/C20H22O4.C10H14Cl2NO2PS/c1-14-5-9-16(10-6-14)20(19(23)24,13-3-4-18(21)22)17-11-7-15(2)8-12-17;1-7(2)13-16(17,14-3)15-10-5-4-8(11)6-9(10)12/h5-12H,3-4,13H2,1-2H3,(H,21,22)(H,23,24);4-7H,1-3H3,(H,13,17). The quantitative estimate of drug-likeness (QED) is 0.170. The predicted octanol–water partition coefficient (Wildman–Crippen LogP) is 8.17. The fraction of sp³-hybridized carbons (Fsp3) is 0.333. The summed E-state index contributed by atoms with van der Waals surface area (Å²) in [5, 5.41) is 23.0. The van der Waals surface area contributed by atoms with Gasteiger partial charge in [-0.25, -0.2) is 5.09 Å². The van der Waals surface area contributed by atoms with Gasteiger partial charge in [0.15, 0.2) is 0 Å². The average molecular weight is 641 g/mol. The Morgan fingerprint density at radius 3 is 1.85 bits per heavy atom. The molecule has 0 amide bonds. The first-order valence-electron chi connectivity index (χ1n) is 12.9. The van der Waals surface area contributed by atoms with Gasteiger partial charge in [-0.15, -0.1) is 0 Å². The van der Waals surface area contributed by atoms with Crippen LogP contribution in [0.25, 0.3) is 0 Å². The zero-order valence-electron chi connectivity index (χ0n) is 23.7. The number of aryl methyl sites for hydroxylation is 2. The van der Waals surface area contributed by atoms with E-state index in [2.05, 4.69) is 5.09 Å². The first kappa shape index (κ1) is 34.7. The first-order valence-corrected chi connectivity index (χ1v) is 16.3. The number of hydrogen-bond acceptors (Lipinski definition) is 5. The van der Waals surface area contributed by atoms with Crippen LogP contribution in [0, 0.1) is 13.8 Å². The number of carbonyl (C=O) groups is 2. The Hall–Kier alpha value is -2.45. The lowest BCUT2D eigenvalue weighted by Crippen LogP contribution is -2.37. The highest BCUT2D eigenvalue weighted by Gasteiger charge is 2.41. The van der Waals surface area contributed by atoms with Crippen LogP contribution in [0.3, 0.4) is 0 Å². The maximum Gasteiger partial charge on any atom is 0.318 e. The summed E-state index contributed by atoms with van der Waals surface area (Å²) in [5.41, 5.74) is 2.21. The highest BCUT2D eigenvalue weighted by atomic mass is 35.5. The SMILES string of the molecule is COP(=S)(NC(C)C)Oc1ccc(Cl)cc1Cl.Cc1ccc(C(CCCC(=O)O)(C(=O)O)c2ccc(C)cc2)cc1. The molecule has 222 valence electrons. The summed E-state index contributed by atoms with van der Waals surface area (Å²) < 4.78 is 10.9. The lowest BCUT2D eigenvalue weighted by Gasteiger charge is -2.31. The maximum absolute atomic E-state index is 12.3. The van der Waals surface area contributed by atoms with Crippen LogP contribution in [0.1, 0.15) is 55.4 Å². The number of nitrogens with one attached hydrogen (secondary N) is 1. The van der Waals surface area contributed by atoms with Gasteiger partial charge in [-0.05, 0) is 81.7 Å². The monoisotopic (exact) mass is 639 g/mol. The summed E-state index contributed by atoms with van der Waals surface area (Å²) in [4.78, 5) is 23.2. The number of rotatable bonds is 12. The zero-order valence-corrected chi connectivity index (χ0v) is 26.9. The van der Waals surface area contributed by atoms with E-state index in [0.717, 1.165) is 11.1 Å². The van der Waals surface area contributed by atoms with E-state index in [0.29, 0.717) is 33.3 Å². The van der Waals surface area contributed by atoms with Crippen molar-refractivity contribution in [3.63, 3.8) is 0 Å². The smallest absolute Gasteiger partial charge is 0.318 e. The van der Waals surface area contributed by atoms with Gasteiger partial charge < -0.3 is 19.3 Å². The Bertz CT molecular complexity index is 1320. The fourth-order valence-corrected chi connectivity index (χ4v) is 6.76. The van der Waals surface area contributed by atoms with Crippen LogP contribution >= 0.6 is 29.8 Å². The number of aliphatic carboxylic acids is 2. The average Bonchev–Trinajstić information content (AvgIpc) is 2.89. The molecule has 0 heterocycles. The van der Waals surface area contributed by atoms with Crippen LogP contribution in [0.4, 0.5) is 0 Å². The van der Waals surface area contributed by atoms with Crippen molar-refractivity contribution in [3.05, 3.63) is 99.0 Å². The van der Waals surface area contributed by atoms with Crippen molar-refractivity contribution in [1.29, 1.82) is 0 Å². The van der Waals surface area contributed by atoms with E-state index >= 15 is 0 Å². The molecule has 3 aromatic rings. The van der Waals surface area contributed by atoms with Crippen molar-refractivity contribution >= 4 is 53.6 Å². The third-order valence-corrected chi connectivity index (χ3v) is 9.43. The second-order valence-electron chi connectivity index (χ2n) is 9.82. The molecule has 1 unspecified atom stereocenters. The molecule has 0 bridgehead atoms. The summed E-state index contributed by atoms with van der Waals surface area (Å²) in [6.07, 6.45) is 0.483. The summed E-state index contributed by atoms with van der Waals surface area (Å²) in [6.45, 7) is 5.26. The second-order valence-corrected chi connectivity index (χ2v) is 13.9. The molecule has 0 aromatic heterocycles. The van der Waals surface area contributed by atoms with Gasteiger partial charge in [0.2, 0.25) is 0 Å². The highest BCUT2D eigenvalue weighted by Crippen LogP contribution is 2.46. The van der Waals surface area contributed by atoms with Gasteiger partial charge in [-0.2, -0.15) is 0 Å². The Kier molecular flexibility index (Phi) is 13.3. The van der Waals surface area contributed by atoms with E-state index in [9.17, 15) is 14.7 Å². The molecule has 0 aliphatic rings. The number of hydrogen-bond donors (Lipinski definition) is 3. The molecule has 7 nitrogen and oxygen atoms in total. The molecular weight excluding hydrogens is 604 g/mol. The third-order valence-electron chi connectivity index (χ3n) is 6.17. The van der Waals surface area contributed by atoms with Crippen LogP contribution in [-0.2, 0) is 31.3 Å². The molecule has 3 rings (SSSR count). The van der Waals surface area contributed by atoms with Gasteiger partial charge in [0.05, 0.1) is 5.02 Å². The fourth-order valence-electron chi connectivity index (χ4n) is 4.10. The number of benzene rings is 3. The van der Waals surface area contributed by atoms with Gasteiger partial charge in [-0.3, -0.25) is 9.59 Å². The maximum atomic E-state index is 12.3. The van der Waals surface area contributed by atoms with Gasteiger partial charge >= 0.3 is 18.6 Å². The minimum atomic E-state index is -2.56. The summed E-state index contributed by atoms with van der Waals surface area (Å²) in [7, 11) is 1.51. The van der Waals surface area contributed by atoms with Crippen LogP contribution in [0.15, 0.2) is 66.7 Å². The van der Waals surface area contributed by atoms with Crippen molar-refractivity contribution < 1.29 is 28.8 Å². The molecule has 3 N–H and O–H groups in total.